The summed E-state index contributed by atoms with van der Waals surface area (Å²) in [7, 11) is 1.97. The number of benzene rings is 1. The van der Waals surface area contributed by atoms with Crippen molar-refractivity contribution in [3.8, 4) is 0 Å². The number of rotatable bonds is 5. The van der Waals surface area contributed by atoms with Crippen molar-refractivity contribution in [2.24, 2.45) is 0 Å². The second kappa shape index (κ2) is 7.26. The van der Waals surface area contributed by atoms with E-state index < -0.39 is 0 Å². The quantitative estimate of drug-likeness (QED) is 0.848. The van der Waals surface area contributed by atoms with Crippen molar-refractivity contribution in [1.82, 2.24) is 10.2 Å². The largest absolute Gasteiger partial charge is 0.325 e. The minimum atomic E-state index is 0.0780. The van der Waals surface area contributed by atoms with Crippen LogP contribution in [0.15, 0.2) is 30.3 Å². The van der Waals surface area contributed by atoms with Gasteiger partial charge in [-0.2, -0.15) is 0 Å². The lowest BCUT2D eigenvalue weighted by Gasteiger charge is -2.35. The molecule has 1 unspecified atom stereocenters. The first-order chi connectivity index (χ1) is 9.29. The van der Waals surface area contributed by atoms with Crippen LogP contribution in [0.25, 0.3) is 0 Å². The Morgan fingerprint density at radius 1 is 1.32 bits per heavy atom. The molecular weight excluding hydrogens is 238 g/mol. The number of nitrogens with one attached hydrogen (secondary N) is 2. The molecule has 0 bridgehead atoms. The fourth-order valence-electron chi connectivity index (χ4n) is 2.64. The zero-order chi connectivity index (χ0) is 13.5. The van der Waals surface area contributed by atoms with Crippen molar-refractivity contribution in [2.45, 2.75) is 25.3 Å². The van der Waals surface area contributed by atoms with Gasteiger partial charge < -0.3 is 10.6 Å². The highest BCUT2D eigenvalue weighted by molar-refractivity contribution is 5.92. The molecule has 1 fully saturated rings. The van der Waals surface area contributed by atoms with Gasteiger partial charge in [-0.15, -0.1) is 0 Å². The number of hydrogen-bond acceptors (Lipinski definition) is 3. The van der Waals surface area contributed by atoms with Gasteiger partial charge in [-0.05, 0) is 38.6 Å². The Morgan fingerprint density at radius 3 is 2.84 bits per heavy atom. The maximum absolute atomic E-state index is 12.1. The predicted molar refractivity (Wildman–Crippen MR) is 78.2 cm³/mol. The van der Waals surface area contributed by atoms with Crippen molar-refractivity contribution in [1.29, 1.82) is 0 Å². The molecule has 0 saturated carbocycles. The maximum atomic E-state index is 12.1. The van der Waals surface area contributed by atoms with Gasteiger partial charge in [0.05, 0.1) is 6.54 Å². The van der Waals surface area contributed by atoms with Gasteiger partial charge in [0.2, 0.25) is 5.91 Å². The topological polar surface area (TPSA) is 44.4 Å². The number of carbonyl (C=O) groups excluding carboxylic acids is 1. The second-order valence-electron chi connectivity index (χ2n) is 5.09. The molecule has 0 aliphatic carbocycles. The summed E-state index contributed by atoms with van der Waals surface area (Å²) in [6.45, 7) is 2.47. The monoisotopic (exact) mass is 261 g/mol. The molecule has 1 saturated heterocycles. The van der Waals surface area contributed by atoms with Crippen LogP contribution in [0.4, 0.5) is 5.69 Å². The van der Waals surface area contributed by atoms with Crippen LogP contribution in [0.2, 0.25) is 0 Å². The van der Waals surface area contributed by atoms with Crippen molar-refractivity contribution < 1.29 is 4.79 Å². The minimum absolute atomic E-state index is 0.0780. The lowest BCUT2D eigenvalue weighted by atomic mass is 10.0. The van der Waals surface area contributed by atoms with E-state index in [1.165, 1.54) is 19.3 Å². The number of nitrogens with zero attached hydrogens (tertiary/aromatic N) is 1. The van der Waals surface area contributed by atoms with E-state index in [1.54, 1.807) is 0 Å². The highest BCUT2D eigenvalue weighted by Gasteiger charge is 2.23. The maximum Gasteiger partial charge on any atom is 0.238 e. The highest BCUT2D eigenvalue weighted by atomic mass is 16.2. The Morgan fingerprint density at radius 2 is 2.11 bits per heavy atom. The fourth-order valence-corrected chi connectivity index (χ4v) is 2.64. The molecule has 19 heavy (non-hydrogen) atoms. The van der Waals surface area contributed by atoms with Crippen molar-refractivity contribution in [2.75, 3.05) is 32.0 Å². The van der Waals surface area contributed by atoms with Gasteiger partial charge in [0, 0.05) is 18.3 Å². The van der Waals surface area contributed by atoms with Crippen molar-refractivity contribution in [3.05, 3.63) is 30.3 Å². The van der Waals surface area contributed by atoms with E-state index in [1.807, 2.05) is 37.4 Å². The summed E-state index contributed by atoms with van der Waals surface area (Å²) in [5, 5.41) is 6.17. The van der Waals surface area contributed by atoms with Crippen LogP contribution < -0.4 is 10.6 Å². The third kappa shape index (κ3) is 4.33. The summed E-state index contributed by atoms with van der Waals surface area (Å²) in [5.41, 5.74) is 0.870. The molecule has 1 aromatic rings. The summed E-state index contributed by atoms with van der Waals surface area (Å²) in [6.07, 6.45) is 3.64. The lowest BCUT2D eigenvalue weighted by Crippen LogP contribution is -2.47. The first-order valence-corrected chi connectivity index (χ1v) is 7.03. The average Bonchev–Trinajstić information content (AvgIpc) is 2.42. The molecule has 1 aliphatic rings. The molecule has 1 aromatic carbocycles. The van der Waals surface area contributed by atoms with Gasteiger partial charge in [-0.25, -0.2) is 0 Å². The molecule has 104 valence electrons. The number of anilines is 1. The van der Waals surface area contributed by atoms with Crippen molar-refractivity contribution >= 4 is 11.6 Å². The Bertz CT molecular complexity index is 392. The number of likely N-dealkylation sites (tertiary alicyclic amines) is 1. The molecule has 2 rings (SSSR count). The van der Waals surface area contributed by atoms with Crippen LogP contribution >= 0.6 is 0 Å². The Hall–Kier alpha value is -1.39. The molecule has 0 spiro atoms. The predicted octanol–water partition coefficient (Wildman–Crippen LogP) is 1.70. The first-order valence-electron chi connectivity index (χ1n) is 7.03. The van der Waals surface area contributed by atoms with Crippen LogP contribution in [0.1, 0.15) is 19.3 Å². The average molecular weight is 261 g/mol. The Balaban J connectivity index is 1.86. The first kappa shape index (κ1) is 14.0. The standard InChI is InChI=1S/C15H23N3O/c1-16-11-14-9-5-6-10-18(14)12-15(19)17-13-7-3-2-4-8-13/h2-4,7-8,14,16H,5-6,9-12H2,1H3,(H,17,19). The van der Waals surface area contributed by atoms with E-state index in [0.717, 1.165) is 18.8 Å². The SMILES string of the molecule is CNCC1CCCCN1CC(=O)Nc1ccccc1. The highest BCUT2D eigenvalue weighted by Crippen LogP contribution is 2.16. The number of hydrogen-bond donors (Lipinski definition) is 2. The third-order valence-electron chi connectivity index (χ3n) is 3.59. The number of carbonyl (C=O) groups is 1. The second-order valence-corrected chi connectivity index (χ2v) is 5.09. The van der Waals surface area contributed by atoms with E-state index in [0.29, 0.717) is 12.6 Å². The van der Waals surface area contributed by atoms with E-state index in [-0.39, 0.29) is 5.91 Å². The summed E-state index contributed by atoms with van der Waals surface area (Å²) in [6, 6.07) is 10.1. The van der Waals surface area contributed by atoms with Crippen molar-refractivity contribution in [3.63, 3.8) is 0 Å². The lowest BCUT2D eigenvalue weighted by molar-refractivity contribution is -0.118. The van der Waals surface area contributed by atoms with E-state index >= 15 is 0 Å². The van der Waals surface area contributed by atoms with Gasteiger partial charge >= 0.3 is 0 Å². The van der Waals surface area contributed by atoms with Gasteiger partial charge in [-0.3, -0.25) is 9.69 Å². The Labute approximate surface area is 115 Å². The molecular formula is C15H23N3O. The molecule has 1 amide bonds. The minimum Gasteiger partial charge on any atom is -0.325 e. The molecule has 1 heterocycles. The smallest absolute Gasteiger partial charge is 0.238 e. The zero-order valence-corrected chi connectivity index (χ0v) is 11.6. The number of likely N-dealkylation sites (N-methyl/N-ethyl adjacent to an activating group) is 1. The van der Waals surface area contributed by atoms with Crippen LogP contribution in [0, 0.1) is 0 Å². The molecule has 4 nitrogen and oxygen atoms in total. The molecule has 0 aromatic heterocycles. The number of piperidine rings is 1. The van der Waals surface area contributed by atoms with E-state index in [2.05, 4.69) is 15.5 Å². The summed E-state index contributed by atoms with van der Waals surface area (Å²) >= 11 is 0. The van der Waals surface area contributed by atoms with E-state index in [4.69, 9.17) is 0 Å². The molecule has 1 atom stereocenters. The fraction of sp³-hybridized carbons (Fsp3) is 0.533. The summed E-state index contributed by atoms with van der Waals surface area (Å²) in [5.74, 6) is 0.0780. The zero-order valence-electron chi connectivity index (χ0n) is 11.6. The van der Waals surface area contributed by atoms with E-state index in [9.17, 15) is 4.79 Å². The third-order valence-corrected chi connectivity index (χ3v) is 3.59. The molecule has 0 radical (unpaired) electrons. The van der Waals surface area contributed by atoms with Gasteiger partial charge in [0.15, 0.2) is 0 Å². The summed E-state index contributed by atoms with van der Waals surface area (Å²) in [4.78, 5) is 14.3. The van der Waals surface area contributed by atoms with Gasteiger partial charge in [-0.1, -0.05) is 24.6 Å². The number of para-hydroxylation sites is 1. The van der Waals surface area contributed by atoms with Gasteiger partial charge in [0.1, 0.15) is 0 Å². The summed E-state index contributed by atoms with van der Waals surface area (Å²) < 4.78 is 0. The van der Waals surface area contributed by atoms with Crippen LogP contribution in [0.5, 0.6) is 0 Å². The van der Waals surface area contributed by atoms with Crippen LogP contribution in [-0.4, -0.2) is 43.5 Å². The van der Waals surface area contributed by atoms with Crippen LogP contribution in [-0.2, 0) is 4.79 Å². The number of amides is 1. The normalized spacial score (nSPS) is 20.2. The van der Waals surface area contributed by atoms with Gasteiger partial charge in [0.25, 0.3) is 0 Å². The molecule has 2 N–H and O–H groups in total. The molecule has 4 heteroatoms. The Kier molecular flexibility index (Phi) is 5.36. The molecule has 1 aliphatic heterocycles. The van der Waals surface area contributed by atoms with Crippen LogP contribution in [0.3, 0.4) is 0 Å².